The second-order valence-corrected chi connectivity index (χ2v) is 7.74. The van der Waals surface area contributed by atoms with E-state index in [9.17, 15) is 9.59 Å². The van der Waals surface area contributed by atoms with E-state index in [1.54, 1.807) is 12.1 Å². The van der Waals surface area contributed by atoms with Gasteiger partial charge in [-0.2, -0.15) is 0 Å². The molecule has 2 amide bonds. The molecule has 4 nitrogen and oxygen atoms in total. The second kappa shape index (κ2) is 8.70. The van der Waals surface area contributed by atoms with Crippen molar-refractivity contribution in [2.45, 2.75) is 57.4 Å². The van der Waals surface area contributed by atoms with Gasteiger partial charge in [0.25, 0.3) is 0 Å². The lowest BCUT2D eigenvalue weighted by Crippen LogP contribution is -2.48. The summed E-state index contributed by atoms with van der Waals surface area (Å²) in [6.45, 7) is 1.53. The lowest BCUT2D eigenvalue weighted by atomic mass is 9.87. The van der Waals surface area contributed by atoms with Crippen molar-refractivity contribution in [1.82, 2.24) is 10.2 Å². The highest BCUT2D eigenvalue weighted by molar-refractivity contribution is 6.30. The third-order valence-electron chi connectivity index (χ3n) is 5.40. The van der Waals surface area contributed by atoms with Crippen LogP contribution in [0.15, 0.2) is 24.3 Å². The first kappa shape index (κ1) is 18.2. The van der Waals surface area contributed by atoms with Gasteiger partial charge in [0.2, 0.25) is 11.8 Å². The van der Waals surface area contributed by atoms with Crippen LogP contribution in [-0.4, -0.2) is 35.8 Å². The Morgan fingerprint density at radius 3 is 2.28 bits per heavy atom. The van der Waals surface area contributed by atoms with Gasteiger partial charge in [0.15, 0.2) is 0 Å². The van der Waals surface area contributed by atoms with Gasteiger partial charge in [0, 0.05) is 30.1 Å². The van der Waals surface area contributed by atoms with Crippen molar-refractivity contribution in [3.8, 4) is 0 Å². The minimum atomic E-state index is 0.0411. The molecule has 25 heavy (non-hydrogen) atoms. The predicted octanol–water partition coefficient (Wildman–Crippen LogP) is 3.57. The molecule has 1 heterocycles. The summed E-state index contributed by atoms with van der Waals surface area (Å²) in [5, 5.41) is 3.79. The molecule has 0 unspecified atom stereocenters. The minimum absolute atomic E-state index is 0.0411. The Balaban J connectivity index is 1.41. The molecule has 1 aliphatic heterocycles. The number of likely N-dealkylation sites (tertiary alicyclic amines) is 1. The number of carbonyl (C=O) groups excluding carboxylic acids is 2. The highest BCUT2D eigenvalue weighted by atomic mass is 35.5. The van der Waals surface area contributed by atoms with E-state index >= 15 is 0 Å². The number of nitrogens with one attached hydrogen (secondary N) is 1. The van der Waals surface area contributed by atoms with E-state index in [4.69, 9.17) is 11.6 Å². The molecule has 2 fully saturated rings. The lowest BCUT2D eigenvalue weighted by Gasteiger charge is -2.35. The molecular formula is C20H27ClN2O2. The Labute approximate surface area is 154 Å². The van der Waals surface area contributed by atoms with Crippen LogP contribution in [-0.2, 0) is 16.0 Å². The zero-order valence-electron chi connectivity index (χ0n) is 14.7. The number of amides is 2. The van der Waals surface area contributed by atoms with E-state index in [1.165, 1.54) is 19.3 Å². The van der Waals surface area contributed by atoms with E-state index in [1.807, 2.05) is 17.0 Å². The van der Waals surface area contributed by atoms with Gasteiger partial charge in [-0.3, -0.25) is 9.59 Å². The summed E-state index contributed by atoms with van der Waals surface area (Å²) in [5.74, 6) is 0.620. The van der Waals surface area contributed by atoms with Crippen molar-refractivity contribution in [1.29, 1.82) is 0 Å². The van der Waals surface area contributed by atoms with Crippen LogP contribution in [0, 0.1) is 5.92 Å². The number of hydrogen-bond acceptors (Lipinski definition) is 2. The number of nitrogens with zero attached hydrogens (tertiary/aromatic N) is 1. The first-order chi connectivity index (χ1) is 12.1. The summed E-state index contributed by atoms with van der Waals surface area (Å²) >= 11 is 5.87. The molecule has 1 aromatic rings. The van der Waals surface area contributed by atoms with Gasteiger partial charge in [0.05, 0.1) is 6.42 Å². The van der Waals surface area contributed by atoms with Crippen LogP contribution in [0.3, 0.4) is 0 Å². The Hall–Kier alpha value is -1.55. The minimum Gasteiger partial charge on any atom is -0.353 e. The third kappa shape index (κ3) is 5.21. The summed E-state index contributed by atoms with van der Waals surface area (Å²) in [6, 6.07) is 7.55. The number of benzene rings is 1. The van der Waals surface area contributed by atoms with Crippen molar-refractivity contribution >= 4 is 23.4 Å². The van der Waals surface area contributed by atoms with Crippen molar-refractivity contribution in [3.63, 3.8) is 0 Å². The summed E-state index contributed by atoms with van der Waals surface area (Å²) in [4.78, 5) is 26.8. The van der Waals surface area contributed by atoms with E-state index in [0.717, 1.165) is 44.3 Å². The normalized spacial score (nSPS) is 19.6. The fourth-order valence-electron chi connectivity index (χ4n) is 3.92. The maximum absolute atomic E-state index is 12.6. The van der Waals surface area contributed by atoms with Gasteiger partial charge in [-0.1, -0.05) is 43.0 Å². The van der Waals surface area contributed by atoms with Gasteiger partial charge in [-0.25, -0.2) is 0 Å². The Kier molecular flexibility index (Phi) is 6.35. The Morgan fingerprint density at radius 2 is 1.64 bits per heavy atom. The highest BCUT2D eigenvalue weighted by Crippen LogP contribution is 2.26. The van der Waals surface area contributed by atoms with Crippen LogP contribution in [0.1, 0.15) is 50.5 Å². The molecule has 2 aliphatic rings. The maximum atomic E-state index is 12.6. The van der Waals surface area contributed by atoms with Crippen molar-refractivity contribution in [2.75, 3.05) is 13.1 Å². The lowest BCUT2D eigenvalue weighted by molar-refractivity contribution is -0.137. The van der Waals surface area contributed by atoms with Gasteiger partial charge < -0.3 is 10.2 Å². The summed E-state index contributed by atoms with van der Waals surface area (Å²) in [7, 11) is 0. The molecule has 0 radical (unpaired) electrons. The first-order valence-corrected chi connectivity index (χ1v) is 9.82. The van der Waals surface area contributed by atoms with Crippen LogP contribution in [0.4, 0.5) is 0 Å². The van der Waals surface area contributed by atoms with E-state index in [0.29, 0.717) is 17.4 Å². The zero-order chi connectivity index (χ0) is 17.6. The molecule has 136 valence electrons. The topological polar surface area (TPSA) is 49.4 Å². The van der Waals surface area contributed by atoms with E-state index in [2.05, 4.69) is 5.32 Å². The fraction of sp³-hybridized carbons (Fsp3) is 0.600. The second-order valence-electron chi connectivity index (χ2n) is 7.31. The number of halogens is 1. The van der Waals surface area contributed by atoms with Crippen LogP contribution >= 0.6 is 11.6 Å². The molecule has 3 rings (SSSR count). The quantitative estimate of drug-likeness (QED) is 0.890. The van der Waals surface area contributed by atoms with E-state index < -0.39 is 0 Å². The number of hydrogen-bond donors (Lipinski definition) is 1. The van der Waals surface area contributed by atoms with Crippen LogP contribution in [0.5, 0.6) is 0 Å². The molecule has 0 bridgehead atoms. The molecule has 0 aromatic heterocycles. The number of rotatable bonds is 4. The molecule has 0 atom stereocenters. The highest BCUT2D eigenvalue weighted by Gasteiger charge is 2.29. The largest absolute Gasteiger partial charge is 0.353 e. The van der Waals surface area contributed by atoms with Gasteiger partial charge in [0.1, 0.15) is 0 Å². The van der Waals surface area contributed by atoms with Crippen LogP contribution < -0.4 is 5.32 Å². The SMILES string of the molecule is O=C(Cc1ccc(Cl)cc1)NC1CCN(C(=O)C2CCCCC2)CC1. The van der Waals surface area contributed by atoms with Crippen LogP contribution in [0.25, 0.3) is 0 Å². The summed E-state index contributed by atoms with van der Waals surface area (Å²) in [5.41, 5.74) is 0.965. The summed E-state index contributed by atoms with van der Waals surface area (Å²) < 4.78 is 0. The molecule has 0 spiro atoms. The number of piperidine rings is 1. The molecule has 5 heteroatoms. The predicted molar refractivity (Wildman–Crippen MR) is 99.5 cm³/mol. The van der Waals surface area contributed by atoms with Crippen LogP contribution in [0.2, 0.25) is 5.02 Å². The zero-order valence-corrected chi connectivity index (χ0v) is 15.4. The van der Waals surface area contributed by atoms with E-state index in [-0.39, 0.29) is 17.9 Å². The van der Waals surface area contributed by atoms with Gasteiger partial charge in [-0.15, -0.1) is 0 Å². The van der Waals surface area contributed by atoms with Gasteiger partial charge >= 0.3 is 0 Å². The smallest absolute Gasteiger partial charge is 0.225 e. The van der Waals surface area contributed by atoms with Gasteiger partial charge in [-0.05, 0) is 43.4 Å². The maximum Gasteiger partial charge on any atom is 0.225 e. The average molecular weight is 363 g/mol. The molecule has 1 saturated heterocycles. The molecule has 1 saturated carbocycles. The Bertz CT molecular complexity index is 588. The van der Waals surface area contributed by atoms with Crippen molar-refractivity contribution < 1.29 is 9.59 Å². The molecular weight excluding hydrogens is 336 g/mol. The van der Waals surface area contributed by atoms with Crippen molar-refractivity contribution in [3.05, 3.63) is 34.9 Å². The van der Waals surface area contributed by atoms with Crippen molar-refractivity contribution in [2.24, 2.45) is 5.92 Å². The standard InChI is InChI=1S/C20H27ClN2O2/c21-17-8-6-15(7-9-17)14-19(24)22-18-10-12-23(13-11-18)20(25)16-4-2-1-3-5-16/h6-9,16,18H,1-5,10-14H2,(H,22,24). The molecule has 1 aromatic carbocycles. The Morgan fingerprint density at radius 1 is 1.00 bits per heavy atom. The first-order valence-electron chi connectivity index (χ1n) is 9.44. The molecule has 1 N–H and O–H groups in total. The monoisotopic (exact) mass is 362 g/mol. The summed E-state index contributed by atoms with van der Waals surface area (Å²) in [6.07, 6.45) is 7.83. The average Bonchev–Trinajstić information content (AvgIpc) is 2.64. The third-order valence-corrected chi connectivity index (χ3v) is 5.66. The fourth-order valence-corrected chi connectivity index (χ4v) is 4.04. The number of carbonyl (C=O) groups is 2. The molecule has 1 aliphatic carbocycles.